The lowest BCUT2D eigenvalue weighted by Gasteiger charge is -2.09. The van der Waals surface area contributed by atoms with E-state index in [1.54, 1.807) is 24.3 Å². The quantitative estimate of drug-likeness (QED) is 0.602. The van der Waals surface area contributed by atoms with Crippen LogP contribution in [0.25, 0.3) is 0 Å². The fourth-order valence-corrected chi connectivity index (χ4v) is 1.47. The maximum Gasteiger partial charge on any atom is 0.319 e. The van der Waals surface area contributed by atoms with Crippen LogP contribution in [0.15, 0.2) is 24.3 Å². The van der Waals surface area contributed by atoms with E-state index in [1.807, 2.05) is 0 Å². The van der Waals surface area contributed by atoms with Gasteiger partial charge in [-0.15, -0.1) is 0 Å². The van der Waals surface area contributed by atoms with Crippen LogP contribution in [0.2, 0.25) is 0 Å². The van der Waals surface area contributed by atoms with Crippen molar-refractivity contribution in [1.29, 1.82) is 0 Å². The second-order valence-corrected chi connectivity index (χ2v) is 4.13. The molecule has 1 rings (SSSR count). The van der Waals surface area contributed by atoms with E-state index in [0.717, 1.165) is 0 Å². The van der Waals surface area contributed by atoms with Gasteiger partial charge in [-0.1, -0.05) is 6.07 Å². The zero-order chi connectivity index (χ0) is 15.0. The van der Waals surface area contributed by atoms with Crippen LogP contribution in [0, 0.1) is 0 Å². The molecule has 7 nitrogen and oxygen atoms in total. The van der Waals surface area contributed by atoms with Crippen LogP contribution >= 0.6 is 0 Å². The van der Waals surface area contributed by atoms with Gasteiger partial charge in [0, 0.05) is 38.3 Å². The lowest BCUT2D eigenvalue weighted by Crippen LogP contribution is -2.36. The molecule has 0 radical (unpaired) electrons. The second kappa shape index (κ2) is 7.78. The number of hydrogen-bond donors (Lipinski definition) is 4. The lowest BCUT2D eigenvalue weighted by molar-refractivity contribution is -0.119. The van der Waals surface area contributed by atoms with Gasteiger partial charge in [-0.25, -0.2) is 4.79 Å². The number of hydrogen-bond acceptors (Lipinski definition) is 3. The van der Waals surface area contributed by atoms with Crippen molar-refractivity contribution >= 4 is 29.2 Å². The third-order valence-electron chi connectivity index (χ3n) is 2.23. The number of nitrogens with one attached hydrogen (secondary N) is 4. The Morgan fingerprint density at radius 3 is 2.10 bits per heavy atom. The van der Waals surface area contributed by atoms with Gasteiger partial charge in [-0.3, -0.25) is 9.59 Å². The van der Waals surface area contributed by atoms with Crippen LogP contribution in [0.4, 0.5) is 16.2 Å². The van der Waals surface area contributed by atoms with E-state index in [2.05, 4.69) is 21.3 Å². The van der Waals surface area contributed by atoms with E-state index in [4.69, 9.17) is 0 Å². The minimum absolute atomic E-state index is 0.143. The van der Waals surface area contributed by atoms with Crippen LogP contribution < -0.4 is 21.3 Å². The summed E-state index contributed by atoms with van der Waals surface area (Å²) < 4.78 is 0. The molecule has 0 saturated heterocycles. The average Bonchev–Trinajstić information content (AvgIpc) is 2.34. The van der Waals surface area contributed by atoms with Crippen molar-refractivity contribution in [3.63, 3.8) is 0 Å². The van der Waals surface area contributed by atoms with E-state index in [1.165, 1.54) is 13.8 Å². The third kappa shape index (κ3) is 6.39. The molecule has 4 amide bonds. The molecule has 4 N–H and O–H groups in total. The van der Waals surface area contributed by atoms with E-state index < -0.39 is 0 Å². The standard InChI is InChI=1S/C13H18N4O3/c1-9(18)14-6-7-15-13(20)17-12-5-3-4-11(8-12)16-10(2)19/h3-5,8H,6-7H2,1-2H3,(H,14,18)(H,16,19)(H2,15,17,20). The number of urea groups is 1. The summed E-state index contributed by atoms with van der Waals surface area (Å²) in [5.41, 5.74) is 1.17. The monoisotopic (exact) mass is 278 g/mol. The van der Waals surface area contributed by atoms with Crippen molar-refractivity contribution in [2.24, 2.45) is 0 Å². The largest absolute Gasteiger partial charge is 0.355 e. The van der Waals surface area contributed by atoms with Crippen molar-refractivity contribution in [3.05, 3.63) is 24.3 Å². The first-order valence-electron chi connectivity index (χ1n) is 6.14. The minimum Gasteiger partial charge on any atom is -0.355 e. The summed E-state index contributed by atoms with van der Waals surface area (Å²) in [6.07, 6.45) is 0. The maximum atomic E-state index is 11.6. The smallest absolute Gasteiger partial charge is 0.319 e. The highest BCUT2D eigenvalue weighted by Gasteiger charge is 2.02. The highest BCUT2D eigenvalue weighted by atomic mass is 16.2. The van der Waals surface area contributed by atoms with Crippen LogP contribution in [0.3, 0.4) is 0 Å². The number of carbonyl (C=O) groups is 3. The molecular formula is C13H18N4O3. The third-order valence-corrected chi connectivity index (χ3v) is 2.23. The summed E-state index contributed by atoms with van der Waals surface area (Å²) in [5.74, 6) is -0.322. The Morgan fingerprint density at radius 2 is 1.50 bits per heavy atom. The second-order valence-electron chi connectivity index (χ2n) is 4.13. The van der Waals surface area contributed by atoms with Crippen molar-refractivity contribution in [1.82, 2.24) is 10.6 Å². The maximum absolute atomic E-state index is 11.6. The van der Waals surface area contributed by atoms with Gasteiger partial charge in [0.2, 0.25) is 11.8 Å². The van der Waals surface area contributed by atoms with Crippen LogP contribution in [-0.2, 0) is 9.59 Å². The van der Waals surface area contributed by atoms with Gasteiger partial charge in [0.1, 0.15) is 0 Å². The molecule has 0 atom stereocenters. The summed E-state index contributed by atoms with van der Waals surface area (Å²) in [6, 6.07) is 6.42. The Bertz CT molecular complexity index is 502. The van der Waals surface area contributed by atoms with Crippen LogP contribution in [-0.4, -0.2) is 30.9 Å². The Labute approximate surface area is 117 Å². The molecule has 1 aromatic carbocycles. The summed E-state index contributed by atoms with van der Waals surface area (Å²) in [4.78, 5) is 33.1. The van der Waals surface area contributed by atoms with E-state index in [-0.39, 0.29) is 17.8 Å². The predicted molar refractivity (Wildman–Crippen MR) is 76.5 cm³/mol. The number of amides is 4. The zero-order valence-electron chi connectivity index (χ0n) is 11.4. The van der Waals surface area contributed by atoms with Crippen molar-refractivity contribution in [3.8, 4) is 0 Å². The molecule has 0 unspecified atom stereocenters. The van der Waals surface area contributed by atoms with Gasteiger partial charge in [0.05, 0.1) is 0 Å². The molecule has 0 saturated carbocycles. The number of carbonyl (C=O) groups excluding carboxylic acids is 3. The Kier molecular flexibility index (Phi) is 6.02. The topological polar surface area (TPSA) is 99.3 Å². The summed E-state index contributed by atoms with van der Waals surface area (Å²) in [7, 11) is 0. The van der Waals surface area contributed by atoms with Gasteiger partial charge in [0.25, 0.3) is 0 Å². The zero-order valence-corrected chi connectivity index (χ0v) is 11.4. The van der Waals surface area contributed by atoms with E-state index >= 15 is 0 Å². The predicted octanol–water partition coefficient (Wildman–Crippen LogP) is 0.903. The van der Waals surface area contributed by atoms with Crippen LogP contribution in [0.5, 0.6) is 0 Å². The molecule has 0 aromatic heterocycles. The van der Waals surface area contributed by atoms with E-state index in [0.29, 0.717) is 24.5 Å². The first-order valence-corrected chi connectivity index (χ1v) is 6.14. The molecule has 1 aromatic rings. The minimum atomic E-state index is -0.379. The van der Waals surface area contributed by atoms with Gasteiger partial charge >= 0.3 is 6.03 Å². The average molecular weight is 278 g/mol. The molecule has 7 heteroatoms. The van der Waals surface area contributed by atoms with Gasteiger partial charge in [-0.05, 0) is 18.2 Å². The molecule has 0 bridgehead atoms. The molecule has 0 heterocycles. The molecule has 0 aliphatic rings. The molecule has 20 heavy (non-hydrogen) atoms. The van der Waals surface area contributed by atoms with Crippen molar-refractivity contribution in [2.45, 2.75) is 13.8 Å². The number of benzene rings is 1. The molecule has 0 aliphatic heterocycles. The summed E-state index contributed by atoms with van der Waals surface area (Å²) in [5, 5.41) is 10.4. The van der Waals surface area contributed by atoms with Crippen LogP contribution in [0.1, 0.15) is 13.8 Å². The highest BCUT2D eigenvalue weighted by Crippen LogP contribution is 2.14. The molecule has 0 aliphatic carbocycles. The number of rotatable bonds is 5. The lowest BCUT2D eigenvalue weighted by atomic mass is 10.3. The first-order chi connectivity index (χ1) is 9.47. The summed E-state index contributed by atoms with van der Waals surface area (Å²) in [6.45, 7) is 3.52. The fourth-order valence-electron chi connectivity index (χ4n) is 1.47. The normalized spacial score (nSPS) is 9.50. The SMILES string of the molecule is CC(=O)NCCNC(=O)Nc1cccc(NC(C)=O)c1. The van der Waals surface area contributed by atoms with Crippen molar-refractivity contribution in [2.75, 3.05) is 23.7 Å². The Hall–Kier alpha value is -2.57. The number of anilines is 2. The van der Waals surface area contributed by atoms with E-state index in [9.17, 15) is 14.4 Å². The molecule has 0 spiro atoms. The Morgan fingerprint density at radius 1 is 0.900 bits per heavy atom. The highest BCUT2D eigenvalue weighted by molar-refractivity contribution is 5.92. The Balaban J connectivity index is 2.41. The summed E-state index contributed by atoms with van der Waals surface area (Å²) >= 11 is 0. The molecular weight excluding hydrogens is 260 g/mol. The van der Waals surface area contributed by atoms with Crippen molar-refractivity contribution < 1.29 is 14.4 Å². The van der Waals surface area contributed by atoms with Gasteiger partial charge in [0.15, 0.2) is 0 Å². The van der Waals surface area contributed by atoms with Gasteiger partial charge in [-0.2, -0.15) is 0 Å². The first kappa shape index (κ1) is 15.5. The van der Waals surface area contributed by atoms with Gasteiger partial charge < -0.3 is 21.3 Å². The molecule has 108 valence electrons. The molecule has 0 fully saturated rings. The fraction of sp³-hybridized carbons (Fsp3) is 0.308.